The number of aromatic nitrogens is 4. The van der Waals surface area contributed by atoms with Crippen molar-refractivity contribution < 1.29 is 0 Å². The summed E-state index contributed by atoms with van der Waals surface area (Å²) in [7, 11) is 1.88. The number of aliphatic imine (C=N–C) groups is 1. The minimum Gasteiger partial charge on any atom is -0.368 e. The first kappa shape index (κ1) is 23.4. The molecule has 3 N–H and O–H groups in total. The van der Waals surface area contributed by atoms with Gasteiger partial charge in [0.15, 0.2) is 11.6 Å². The second-order valence-corrected chi connectivity index (χ2v) is 6.73. The highest BCUT2D eigenvalue weighted by Crippen LogP contribution is 2.16. The monoisotopic (exact) mass is 488 g/mol. The molecule has 0 saturated heterocycles. The van der Waals surface area contributed by atoms with Crippen LogP contribution in [-0.4, -0.2) is 51.9 Å². The highest BCUT2D eigenvalue weighted by atomic mass is 127. The van der Waals surface area contributed by atoms with Crippen molar-refractivity contribution in [3.8, 4) is 0 Å². The lowest BCUT2D eigenvalue weighted by Gasteiger charge is -2.12. The van der Waals surface area contributed by atoms with Crippen LogP contribution < -0.4 is 16.0 Å². The van der Waals surface area contributed by atoms with Crippen molar-refractivity contribution in [3.05, 3.63) is 12.5 Å². The minimum atomic E-state index is 0. The lowest BCUT2D eigenvalue weighted by molar-refractivity contribution is 0.541. The van der Waals surface area contributed by atoms with Crippen LogP contribution in [0.3, 0.4) is 0 Å². The molecule has 0 fully saturated rings. The Morgan fingerprint density at radius 2 is 2.00 bits per heavy atom. The van der Waals surface area contributed by atoms with Crippen LogP contribution in [-0.2, 0) is 7.05 Å². The molecule has 0 aliphatic carbocycles. The lowest BCUT2D eigenvalue weighted by atomic mass is 10.1. The van der Waals surface area contributed by atoms with Crippen molar-refractivity contribution in [2.24, 2.45) is 18.0 Å². The molecule has 9 heteroatoms. The summed E-state index contributed by atoms with van der Waals surface area (Å²) in [6, 6.07) is 0. The van der Waals surface area contributed by atoms with E-state index in [4.69, 9.17) is 0 Å². The first-order valence-electron chi connectivity index (χ1n) is 9.50. The first-order chi connectivity index (χ1) is 12.6. The standard InChI is InChI=1S/C18H32N8.HI/c1-5-19-18(21-9-7-6-8-14(2)3)22-11-10-20-16-15-12-25-26(4)17(15)24-13-23-16;/h12-14H,5-11H2,1-4H3,(H2,19,21,22)(H,20,23,24);1H. The third-order valence-electron chi connectivity index (χ3n) is 4.04. The highest BCUT2D eigenvalue weighted by molar-refractivity contribution is 14.0. The number of hydrogen-bond donors (Lipinski definition) is 3. The van der Waals surface area contributed by atoms with Gasteiger partial charge in [0.05, 0.1) is 11.6 Å². The maximum atomic E-state index is 4.64. The molecule has 0 aliphatic heterocycles. The zero-order chi connectivity index (χ0) is 18.8. The molecule has 152 valence electrons. The number of hydrogen-bond acceptors (Lipinski definition) is 5. The number of rotatable bonds is 10. The Hall–Kier alpha value is -1.65. The van der Waals surface area contributed by atoms with E-state index in [1.165, 1.54) is 12.8 Å². The van der Waals surface area contributed by atoms with E-state index in [-0.39, 0.29) is 24.0 Å². The maximum absolute atomic E-state index is 4.64. The van der Waals surface area contributed by atoms with Crippen molar-refractivity contribution in [1.82, 2.24) is 30.4 Å². The van der Waals surface area contributed by atoms with Gasteiger partial charge in [-0.25, -0.2) is 9.97 Å². The molecule has 2 heterocycles. The molecule has 0 unspecified atom stereocenters. The smallest absolute Gasteiger partial charge is 0.191 e. The molecular weight excluding hydrogens is 455 g/mol. The average molecular weight is 488 g/mol. The molecule has 0 radical (unpaired) electrons. The Kier molecular flexibility index (Phi) is 11.0. The molecule has 0 saturated carbocycles. The SMILES string of the molecule is CCNC(=NCCCCC(C)C)NCCNc1ncnc2c1cnn2C.I. The molecule has 2 aromatic rings. The van der Waals surface area contributed by atoms with Crippen LogP contribution in [0.2, 0.25) is 0 Å². The van der Waals surface area contributed by atoms with Crippen molar-refractivity contribution in [3.63, 3.8) is 0 Å². The van der Waals surface area contributed by atoms with Gasteiger partial charge < -0.3 is 16.0 Å². The molecule has 27 heavy (non-hydrogen) atoms. The number of unbranched alkanes of at least 4 members (excludes halogenated alkanes) is 1. The number of fused-ring (bicyclic) bond motifs is 1. The average Bonchev–Trinajstić information content (AvgIpc) is 3.00. The van der Waals surface area contributed by atoms with Gasteiger partial charge in [-0.1, -0.05) is 26.7 Å². The maximum Gasteiger partial charge on any atom is 0.191 e. The number of nitrogens with zero attached hydrogens (tertiary/aromatic N) is 5. The molecule has 2 aromatic heterocycles. The topological polar surface area (TPSA) is 92.1 Å². The van der Waals surface area contributed by atoms with Gasteiger partial charge in [-0.3, -0.25) is 9.67 Å². The molecule has 0 atom stereocenters. The fourth-order valence-corrected chi connectivity index (χ4v) is 2.66. The third-order valence-corrected chi connectivity index (χ3v) is 4.04. The van der Waals surface area contributed by atoms with Gasteiger partial charge in [0.2, 0.25) is 0 Å². The van der Waals surface area contributed by atoms with E-state index in [2.05, 4.69) is 56.8 Å². The van der Waals surface area contributed by atoms with Crippen molar-refractivity contribution in [2.45, 2.75) is 40.0 Å². The zero-order valence-corrected chi connectivity index (χ0v) is 19.2. The number of nitrogens with one attached hydrogen (secondary N) is 3. The van der Waals surface area contributed by atoms with E-state index < -0.39 is 0 Å². The summed E-state index contributed by atoms with van der Waals surface area (Å²) in [5.41, 5.74) is 0.826. The summed E-state index contributed by atoms with van der Waals surface area (Å²) in [5.74, 6) is 2.44. The van der Waals surface area contributed by atoms with Gasteiger partial charge in [-0.15, -0.1) is 24.0 Å². The van der Waals surface area contributed by atoms with Gasteiger partial charge in [0.25, 0.3) is 0 Å². The Labute approximate surface area is 179 Å². The molecule has 0 amide bonds. The predicted molar refractivity (Wildman–Crippen MR) is 123 cm³/mol. The minimum absolute atomic E-state index is 0. The predicted octanol–water partition coefficient (Wildman–Crippen LogP) is 2.77. The number of halogens is 1. The fraction of sp³-hybridized carbons (Fsp3) is 0.667. The van der Waals surface area contributed by atoms with Gasteiger partial charge in [0.1, 0.15) is 12.1 Å². The first-order valence-corrected chi connectivity index (χ1v) is 9.50. The second-order valence-electron chi connectivity index (χ2n) is 6.73. The van der Waals surface area contributed by atoms with Crippen molar-refractivity contribution >= 4 is 46.8 Å². The van der Waals surface area contributed by atoms with Gasteiger partial charge in [-0.05, 0) is 19.3 Å². The third kappa shape index (κ3) is 7.86. The number of aryl methyl sites for hydroxylation is 1. The van der Waals surface area contributed by atoms with Gasteiger partial charge >= 0.3 is 0 Å². The number of anilines is 1. The molecule has 0 aliphatic rings. The Morgan fingerprint density at radius 1 is 1.19 bits per heavy atom. The second kappa shape index (κ2) is 12.7. The highest BCUT2D eigenvalue weighted by Gasteiger charge is 2.07. The summed E-state index contributed by atoms with van der Waals surface area (Å²) >= 11 is 0. The molecule has 8 nitrogen and oxygen atoms in total. The van der Waals surface area contributed by atoms with Crippen LogP contribution >= 0.6 is 24.0 Å². The van der Waals surface area contributed by atoms with Crippen LogP contribution in [0.1, 0.15) is 40.0 Å². The quantitative estimate of drug-likeness (QED) is 0.206. The summed E-state index contributed by atoms with van der Waals surface area (Å²) in [4.78, 5) is 13.2. The van der Waals surface area contributed by atoms with Crippen LogP contribution in [0.15, 0.2) is 17.5 Å². The summed E-state index contributed by atoms with van der Waals surface area (Å²) in [6.45, 7) is 9.80. The molecule has 0 spiro atoms. The summed E-state index contributed by atoms with van der Waals surface area (Å²) in [5, 5.41) is 15.1. The summed E-state index contributed by atoms with van der Waals surface area (Å²) < 4.78 is 1.75. The van der Waals surface area contributed by atoms with Crippen LogP contribution in [0.4, 0.5) is 5.82 Å². The fourth-order valence-electron chi connectivity index (χ4n) is 2.66. The normalized spacial score (nSPS) is 11.5. The van der Waals surface area contributed by atoms with E-state index in [1.807, 2.05) is 7.05 Å². The molecule has 0 bridgehead atoms. The molecular formula is C18H33IN8. The molecule has 2 rings (SSSR count). The van der Waals surface area contributed by atoms with Crippen molar-refractivity contribution in [2.75, 3.05) is 31.5 Å². The van der Waals surface area contributed by atoms with E-state index in [0.29, 0.717) is 0 Å². The van der Waals surface area contributed by atoms with E-state index in [1.54, 1.807) is 17.2 Å². The van der Waals surface area contributed by atoms with E-state index in [0.717, 1.165) is 61.3 Å². The van der Waals surface area contributed by atoms with E-state index in [9.17, 15) is 0 Å². The largest absolute Gasteiger partial charge is 0.368 e. The van der Waals surface area contributed by atoms with E-state index >= 15 is 0 Å². The number of guanidine groups is 1. The van der Waals surface area contributed by atoms with Gasteiger partial charge in [0, 0.05) is 33.2 Å². The van der Waals surface area contributed by atoms with Crippen LogP contribution in [0.5, 0.6) is 0 Å². The molecule has 0 aromatic carbocycles. The lowest BCUT2D eigenvalue weighted by Crippen LogP contribution is -2.39. The van der Waals surface area contributed by atoms with Crippen LogP contribution in [0, 0.1) is 5.92 Å². The van der Waals surface area contributed by atoms with Crippen molar-refractivity contribution in [1.29, 1.82) is 0 Å². The Balaban J connectivity index is 0.00000364. The zero-order valence-electron chi connectivity index (χ0n) is 16.8. The Morgan fingerprint density at radius 3 is 2.74 bits per heavy atom. The Bertz CT molecular complexity index is 698. The summed E-state index contributed by atoms with van der Waals surface area (Å²) in [6.07, 6.45) is 6.98. The van der Waals surface area contributed by atoms with Gasteiger partial charge in [-0.2, -0.15) is 5.10 Å². The van der Waals surface area contributed by atoms with Crippen LogP contribution in [0.25, 0.3) is 11.0 Å².